The second-order valence-corrected chi connectivity index (χ2v) is 4.90. The van der Waals surface area contributed by atoms with E-state index in [1.165, 1.54) is 0 Å². The number of carboxylic acids is 1. The van der Waals surface area contributed by atoms with E-state index in [0.717, 1.165) is 22.4 Å². The van der Waals surface area contributed by atoms with Crippen LogP contribution in [0.1, 0.15) is 18.0 Å². The summed E-state index contributed by atoms with van der Waals surface area (Å²) in [6.45, 7) is 0. The van der Waals surface area contributed by atoms with Crippen LogP contribution in [0.5, 0.6) is 11.5 Å². The zero-order valence-corrected chi connectivity index (χ0v) is 12.6. The number of ether oxygens (including phenoxy) is 2. The summed E-state index contributed by atoms with van der Waals surface area (Å²) in [5, 5.41) is 8.87. The largest absolute Gasteiger partial charge is 0.497 e. The van der Waals surface area contributed by atoms with Gasteiger partial charge >= 0.3 is 5.97 Å². The number of carbonyl (C=O) groups is 1. The third-order valence-corrected chi connectivity index (χ3v) is 3.43. The minimum absolute atomic E-state index is 0.112. The SMILES string of the molecule is COc1ccc(OC)c(-c2cccc(C(N)CC(=O)O)c2)c1. The van der Waals surface area contributed by atoms with Crippen molar-refractivity contribution in [1.82, 2.24) is 0 Å². The van der Waals surface area contributed by atoms with E-state index in [-0.39, 0.29) is 6.42 Å². The van der Waals surface area contributed by atoms with E-state index < -0.39 is 12.0 Å². The molecule has 5 nitrogen and oxygen atoms in total. The van der Waals surface area contributed by atoms with Crippen molar-refractivity contribution in [1.29, 1.82) is 0 Å². The molecule has 22 heavy (non-hydrogen) atoms. The second-order valence-electron chi connectivity index (χ2n) is 4.90. The van der Waals surface area contributed by atoms with Crippen LogP contribution in [0.25, 0.3) is 11.1 Å². The molecular formula is C17H19NO4. The molecule has 0 heterocycles. The van der Waals surface area contributed by atoms with Crippen molar-refractivity contribution in [3.63, 3.8) is 0 Å². The Balaban J connectivity index is 2.43. The van der Waals surface area contributed by atoms with Gasteiger partial charge in [0, 0.05) is 11.6 Å². The molecule has 0 radical (unpaired) electrons. The molecule has 2 aromatic carbocycles. The first-order valence-corrected chi connectivity index (χ1v) is 6.85. The number of carboxylic acid groups (broad SMARTS) is 1. The Labute approximate surface area is 129 Å². The fraction of sp³-hybridized carbons (Fsp3) is 0.235. The Kier molecular flexibility index (Phi) is 5.01. The molecule has 0 aliphatic rings. The molecule has 2 rings (SSSR count). The Morgan fingerprint density at radius 2 is 1.95 bits per heavy atom. The standard InChI is InChI=1S/C17H19NO4/c1-21-13-6-7-16(22-2)14(9-13)11-4-3-5-12(8-11)15(18)10-17(19)20/h3-9,15H,10,18H2,1-2H3,(H,19,20). The molecule has 0 saturated heterocycles. The normalized spacial score (nSPS) is 11.8. The van der Waals surface area contributed by atoms with Crippen molar-refractivity contribution < 1.29 is 19.4 Å². The van der Waals surface area contributed by atoms with Gasteiger partial charge in [-0.15, -0.1) is 0 Å². The number of rotatable bonds is 6. The van der Waals surface area contributed by atoms with Gasteiger partial charge in [-0.25, -0.2) is 0 Å². The molecule has 1 unspecified atom stereocenters. The number of methoxy groups -OCH3 is 2. The summed E-state index contributed by atoms with van der Waals surface area (Å²) in [6.07, 6.45) is -0.112. The van der Waals surface area contributed by atoms with E-state index in [0.29, 0.717) is 5.75 Å². The van der Waals surface area contributed by atoms with E-state index in [9.17, 15) is 4.79 Å². The van der Waals surface area contributed by atoms with Gasteiger partial charge in [0.05, 0.1) is 20.6 Å². The molecule has 0 aromatic heterocycles. The van der Waals surface area contributed by atoms with Gasteiger partial charge in [0.15, 0.2) is 0 Å². The maximum Gasteiger partial charge on any atom is 0.305 e. The average molecular weight is 301 g/mol. The summed E-state index contributed by atoms with van der Waals surface area (Å²) in [5.41, 5.74) is 8.47. The summed E-state index contributed by atoms with van der Waals surface area (Å²) < 4.78 is 10.6. The Hall–Kier alpha value is -2.53. The van der Waals surface area contributed by atoms with Crippen LogP contribution in [-0.4, -0.2) is 25.3 Å². The molecule has 5 heteroatoms. The lowest BCUT2D eigenvalue weighted by Crippen LogP contribution is -2.14. The quantitative estimate of drug-likeness (QED) is 0.857. The first kappa shape index (κ1) is 15.9. The smallest absolute Gasteiger partial charge is 0.305 e. The summed E-state index contributed by atoms with van der Waals surface area (Å²) in [6, 6.07) is 12.5. The first-order chi connectivity index (χ1) is 10.5. The Morgan fingerprint density at radius 3 is 2.59 bits per heavy atom. The van der Waals surface area contributed by atoms with Crippen LogP contribution in [0, 0.1) is 0 Å². The minimum atomic E-state index is -0.920. The second kappa shape index (κ2) is 6.95. The van der Waals surface area contributed by atoms with Crippen LogP contribution in [0.3, 0.4) is 0 Å². The summed E-state index contributed by atoms with van der Waals surface area (Å²) >= 11 is 0. The predicted molar refractivity (Wildman–Crippen MR) is 84.2 cm³/mol. The fourth-order valence-electron chi connectivity index (χ4n) is 2.28. The van der Waals surface area contributed by atoms with Crippen molar-refractivity contribution in [2.45, 2.75) is 12.5 Å². The molecule has 2 aromatic rings. The van der Waals surface area contributed by atoms with Gasteiger partial charge in [0.1, 0.15) is 11.5 Å². The molecule has 1 atom stereocenters. The van der Waals surface area contributed by atoms with Crippen LogP contribution in [0.2, 0.25) is 0 Å². The summed E-state index contributed by atoms with van der Waals surface area (Å²) in [7, 11) is 3.20. The van der Waals surface area contributed by atoms with Crippen LogP contribution in [0.4, 0.5) is 0 Å². The molecule has 116 valence electrons. The lowest BCUT2D eigenvalue weighted by molar-refractivity contribution is -0.137. The first-order valence-electron chi connectivity index (χ1n) is 6.85. The van der Waals surface area contributed by atoms with E-state index in [4.69, 9.17) is 20.3 Å². The van der Waals surface area contributed by atoms with Crippen LogP contribution >= 0.6 is 0 Å². The molecule has 0 amide bonds. The highest BCUT2D eigenvalue weighted by Gasteiger charge is 2.13. The van der Waals surface area contributed by atoms with Gasteiger partial charge in [-0.3, -0.25) is 4.79 Å². The zero-order chi connectivity index (χ0) is 16.1. The molecule has 3 N–H and O–H groups in total. The van der Waals surface area contributed by atoms with Crippen LogP contribution in [-0.2, 0) is 4.79 Å². The third-order valence-electron chi connectivity index (χ3n) is 3.43. The monoisotopic (exact) mass is 301 g/mol. The molecule has 0 aliphatic carbocycles. The van der Waals surface area contributed by atoms with E-state index >= 15 is 0 Å². The Morgan fingerprint density at radius 1 is 1.18 bits per heavy atom. The van der Waals surface area contributed by atoms with Crippen LogP contribution in [0.15, 0.2) is 42.5 Å². The number of benzene rings is 2. The van der Waals surface area contributed by atoms with Gasteiger partial charge in [-0.05, 0) is 35.4 Å². The van der Waals surface area contributed by atoms with Crippen molar-refractivity contribution in [3.05, 3.63) is 48.0 Å². The van der Waals surface area contributed by atoms with Gasteiger partial charge in [-0.1, -0.05) is 18.2 Å². The molecule has 0 fully saturated rings. The number of hydrogen-bond donors (Lipinski definition) is 2. The lowest BCUT2D eigenvalue weighted by atomic mass is 9.97. The maximum absolute atomic E-state index is 10.8. The van der Waals surface area contributed by atoms with Crippen molar-refractivity contribution in [2.75, 3.05) is 14.2 Å². The summed E-state index contributed by atoms with van der Waals surface area (Å²) in [5.74, 6) is 0.512. The van der Waals surface area contributed by atoms with Gasteiger partial charge in [0.25, 0.3) is 0 Å². The average Bonchev–Trinajstić information content (AvgIpc) is 2.53. The third kappa shape index (κ3) is 3.56. The van der Waals surface area contributed by atoms with Crippen molar-refractivity contribution in [3.8, 4) is 22.6 Å². The molecule has 0 aliphatic heterocycles. The number of hydrogen-bond acceptors (Lipinski definition) is 4. The summed E-state index contributed by atoms with van der Waals surface area (Å²) in [4.78, 5) is 10.8. The molecule has 0 saturated carbocycles. The highest BCUT2D eigenvalue weighted by Crippen LogP contribution is 2.34. The van der Waals surface area contributed by atoms with E-state index in [2.05, 4.69) is 0 Å². The van der Waals surface area contributed by atoms with Gasteiger partial charge < -0.3 is 20.3 Å². The number of nitrogens with two attached hydrogens (primary N) is 1. The van der Waals surface area contributed by atoms with Gasteiger partial charge in [0.2, 0.25) is 0 Å². The molecule has 0 spiro atoms. The Bertz CT molecular complexity index is 669. The van der Waals surface area contributed by atoms with Crippen LogP contribution < -0.4 is 15.2 Å². The molecular weight excluding hydrogens is 282 g/mol. The number of aliphatic carboxylic acids is 1. The zero-order valence-electron chi connectivity index (χ0n) is 12.6. The van der Waals surface area contributed by atoms with E-state index in [1.54, 1.807) is 14.2 Å². The van der Waals surface area contributed by atoms with Crippen molar-refractivity contribution >= 4 is 5.97 Å². The van der Waals surface area contributed by atoms with E-state index in [1.807, 2.05) is 42.5 Å². The topological polar surface area (TPSA) is 81.8 Å². The highest BCUT2D eigenvalue weighted by molar-refractivity contribution is 5.73. The predicted octanol–water partition coefficient (Wildman–Crippen LogP) is 2.85. The maximum atomic E-state index is 10.8. The minimum Gasteiger partial charge on any atom is -0.497 e. The van der Waals surface area contributed by atoms with Crippen molar-refractivity contribution in [2.24, 2.45) is 5.73 Å². The lowest BCUT2D eigenvalue weighted by Gasteiger charge is -2.14. The fourth-order valence-corrected chi connectivity index (χ4v) is 2.28. The molecule has 0 bridgehead atoms. The highest BCUT2D eigenvalue weighted by atomic mass is 16.5. The van der Waals surface area contributed by atoms with Gasteiger partial charge in [-0.2, -0.15) is 0 Å².